The van der Waals surface area contributed by atoms with Crippen LogP contribution >= 0.6 is 15.6 Å². The molecule has 0 amide bonds. The Morgan fingerprint density at radius 1 is 0.529 bits per heavy atom. The van der Waals surface area contributed by atoms with Gasteiger partial charge in [-0.1, -0.05) is 99.3 Å². The number of rotatable bonds is 21. The second kappa shape index (κ2) is 22.4. The van der Waals surface area contributed by atoms with Crippen LogP contribution in [-0.4, -0.2) is 33.0 Å². The van der Waals surface area contributed by atoms with Gasteiger partial charge in [0.1, 0.15) is 0 Å². The lowest BCUT2D eigenvalue weighted by molar-refractivity contribution is 0.0628. The molecule has 0 bridgehead atoms. The molecular weight excluding hydrogens is 478 g/mol. The fourth-order valence-corrected chi connectivity index (χ4v) is 5.41. The minimum atomic E-state index is -4.29. The Balaban J connectivity index is 0. The second-order valence-corrected chi connectivity index (χ2v) is 11.4. The highest BCUT2D eigenvalue weighted by Gasteiger charge is 2.29. The number of phosphoric acid groups is 2. The van der Waals surface area contributed by atoms with Gasteiger partial charge >= 0.3 is 15.6 Å². The maximum atomic E-state index is 12.1. The molecule has 0 aromatic carbocycles. The van der Waals surface area contributed by atoms with Gasteiger partial charge in [0.2, 0.25) is 0 Å². The number of hydrogen-bond donors (Lipinski definition) is 3. The van der Waals surface area contributed by atoms with Crippen LogP contribution in [0.5, 0.6) is 0 Å². The summed E-state index contributed by atoms with van der Waals surface area (Å²) in [6.07, 6.45) is 13.6. The maximum absolute atomic E-state index is 12.1. The predicted molar refractivity (Wildman–Crippen MR) is 140 cm³/mol. The van der Waals surface area contributed by atoms with Crippen molar-refractivity contribution in [3.8, 4) is 0 Å². The van der Waals surface area contributed by atoms with Gasteiger partial charge in [-0.2, -0.15) is 0 Å². The van der Waals surface area contributed by atoms with Crippen molar-refractivity contribution < 1.29 is 37.4 Å². The summed E-state index contributed by atoms with van der Waals surface area (Å²) < 4.78 is 38.0. The van der Waals surface area contributed by atoms with Gasteiger partial charge in [0, 0.05) is 0 Å². The van der Waals surface area contributed by atoms with Gasteiger partial charge in [-0.3, -0.25) is 13.6 Å². The topological polar surface area (TPSA) is 123 Å². The zero-order chi connectivity index (χ0) is 26.5. The van der Waals surface area contributed by atoms with Crippen molar-refractivity contribution in [3.63, 3.8) is 0 Å². The van der Waals surface area contributed by atoms with Gasteiger partial charge in [-0.15, -0.1) is 0 Å². The van der Waals surface area contributed by atoms with Crippen LogP contribution < -0.4 is 0 Å². The Morgan fingerprint density at radius 2 is 0.824 bits per heavy atom. The summed E-state index contributed by atoms with van der Waals surface area (Å²) in [5, 5.41) is 0. The molecule has 8 nitrogen and oxygen atoms in total. The van der Waals surface area contributed by atoms with Crippen LogP contribution in [0.2, 0.25) is 0 Å². The third-order valence-electron chi connectivity index (χ3n) is 5.61. The molecule has 0 fully saturated rings. The molecule has 0 heterocycles. The molecule has 208 valence electrons. The molecule has 0 saturated carbocycles. The highest BCUT2D eigenvalue weighted by atomic mass is 31.2. The summed E-state index contributed by atoms with van der Waals surface area (Å²) in [6, 6.07) is 0. The fraction of sp³-hybridized carbons (Fsp3) is 1.00. The molecule has 10 heteroatoms. The van der Waals surface area contributed by atoms with E-state index in [1.807, 2.05) is 20.8 Å². The second-order valence-electron chi connectivity index (χ2n) is 8.85. The molecule has 0 spiro atoms. The van der Waals surface area contributed by atoms with E-state index in [4.69, 9.17) is 18.8 Å². The van der Waals surface area contributed by atoms with E-state index >= 15 is 0 Å². The zero-order valence-corrected chi connectivity index (χ0v) is 24.4. The average molecular weight is 533 g/mol. The summed E-state index contributed by atoms with van der Waals surface area (Å²) in [7, 11) is -8.22. The van der Waals surface area contributed by atoms with Crippen LogP contribution in [0.1, 0.15) is 138 Å². The van der Waals surface area contributed by atoms with E-state index in [1.165, 1.54) is 0 Å². The molecule has 0 saturated heterocycles. The van der Waals surface area contributed by atoms with Crippen molar-refractivity contribution in [2.45, 2.75) is 156 Å². The number of hydrogen-bond acceptors (Lipinski definition) is 5. The molecule has 3 unspecified atom stereocenters. The Labute approximate surface area is 209 Å². The first kappa shape index (κ1) is 36.4. The minimum absolute atomic E-state index is 0.180. The third kappa shape index (κ3) is 23.9. The van der Waals surface area contributed by atoms with Crippen LogP contribution in [0.15, 0.2) is 0 Å². The molecule has 3 atom stereocenters. The van der Waals surface area contributed by atoms with Crippen LogP contribution in [0, 0.1) is 0 Å². The van der Waals surface area contributed by atoms with Gasteiger partial charge < -0.3 is 14.7 Å². The smallest absolute Gasteiger partial charge is 0.303 e. The molecule has 0 aliphatic carbocycles. The third-order valence-corrected chi connectivity index (χ3v) is 7.31. The van der Waals surface area contributed by atoms with Gasteiger partial charge in [-0.25, -0.2) is 9.13 Å². The van der Waals surface area contributed by atoms with Crippen molar-refractivity contribution in [1.29, 1.82) is 0 Å². The summed E-state index contributed by atoms with van der Waals surface area (Å²) in [5.41, 5.74) is 0. The highest BCUT2D eigenvalue weighted by molar-refractivity contribution is 7.47. The lowest BCUT2D eigenvalue weighted by Crippen LogP contribution is -2.16. The summed E-state index contributed by atoms with van der Waals surface area (Å²) >= 11 is 0. The van der Waals surface area contributed by atoms with Gasteiger partial charge in [-0.05, 0) is 38.5 Å². The average Bonchev–Trinajstić information content (AvgIpc) is 2.76. The fourth-order valence-electron chi connectivity index (χ4n) is 3.46. The van der Waals surface area contributed by atoms with Crippen LogP contribution in [0.4, 0.5) is 0 Å². The van der Waals surface area contributed by atoms with Crippen molar-refractivity contribution in [3.05, 3.63) is 0 Å². The summed E-state index contributed by atoms with van der Waals surface area (Å²) in [6.45, 7) is 12.2. The van der Waals surface area contributed by atoms with Crippen LogP contribution in [-0.2, 0) is 22.7 Å². The Kier molecular flexibility index (Phi) is 24.0. The van der Waals surface area contributed by atoms with Gasteiger partial charge in [0.05, 0.1) is 18.3 Å². The van der Waals surface area contributed by atoms with Crippen molar-refractivity contribution in [2.24, 2.45) is 0 Å². The van der Waals surface area contributed by atoms with Crippen molar-refractivity contribution >= 4 is 15.6 Å². The summed E-state index contributed by atoms with van der Waals surface area (Å²) in [4.78, 5) is 27.1. The largest absolute Gasteiger partial charge is 0.472 e. The SMILES string of the molecule is CCCCCC(CC)OP(=O)(O)O.CCCCCC(CC)OP(=O)(O)OC(CC)CCCCC. The highest BCUT2D eigenvalue weighted by Crippen LogP contribution is 2.48. The zero-order valence-electron chi connectivity index (χ0n) is 22.6. The number of phosphoric ester groups is 2. The van der Waals surface area contributed by atoms with E-state index < -0.39 is 15.6 Å². The lowest BCUT2D eigenvalue weighted by atomic mass is 10.1. The van der Waals surface area contributed by atoms with Crippen LogP contribution in [0.3, 0.4) is 0 Å². The van der Waals surface area contributed by atoms with E-state index in [1.54, 1.807) is 0 Å². The van der Waals surface area contributed by atoms with E-state index in [0.29, 0.717) is 6.42 Å². The van der Waals surface area contributed by atoms with E-state index in [-0.39, 0.29) is 18.3 Å². The first-order valence-electron chi connectivity index (χ1n) is 13.4. The monoisotopic (exact) mass is 532 g/mol. The Morgan fingerprint density at radius 3 is 1.06 bits per heavy atom. The van der Waals surface area contributed by atoms with E-state index in [2.05, 4.69) is 25.3 Å². The Hall–Kier alpha value is 0.220. The maximum Gasteiger partial charge on any atom is 0.472 e. The van der Waals surface area contributed by atoms with Crippen molar-refractivity contribution in [1.82, 2.24) is 0 Å². The number of unbranched alkanes of at least 4 members (excludes halogenated alkanes) is 6. The van der Waals surface area contributed by atoms with E-state index in [9.17, 15) is 14.0 Å². The molecule has 0 aromatic heterocycles. The van der Waals surface area contributed by atoms with Gasteiger partial charge in [0.15, 0.2) is 0 Å². The first-order valence-corrected chi connectivity index (χ1v) is 16.4. The minimum Gasteiger partial charge on any atom is -0.303 e. The molecular formula is C24H54O8P2. The molecule has 3 N–H and O–H groups in total. The Bertz CT molecular complexity index is 517. The van der Waals surface area contributed by atoms with E-state index in [0.717, 1.165) is 89.9 Å². The molecule has 0 aliphatic rings. The molecule has 0 aromatic rings. The predicted octanol–water partition coefficient (Wildman–Crippen LogP) is 8.29. The normalized spacial score (nSPS) is 16.3. The molecule has 0 aliphatic heterocycles. The van der Waals surface area contributed by atoms with Crippen molar-refractivity contribution in [2.75, 3.05) is 0 Å². The summed E-state index contributed by atoms with van der Waals surface area (Å²) in [5.74, 6) is 0. The first-order chi connectivity index (χ1) is 16.0. The molecule has 34 heavy (non-hydrogen) atoms. The lowest BCUT2D eigenvalue weighted by Gasteiger charge is -2.23. The van der Waals surface area contributed by atoms with Crippen LogP contribution in [0.25, 0.3) is 0 Å². The molecule has 0 radical (unpaired) electrons. The van der Waals surface area contributed by atoms with Gasteiger partial charge in [0.25, 0.3) is 0 Å². The quantitative estimate of drug-likeness (QED) is 0.0996. The molecule has 0 rings (SSSR count). The standard InChI is InChI=1S/C16H35O4P.C8H19O4P/c1-5-9-11-13-15(7-3)19-21(17,18)20-16(8-4)14-12-10-6-2;1-3-5-6-7-8(4-2)12-13(9,10)11/h15-16H,5-14H2,1-4H3,(H,17,18);8H,3-7H2,1-2H3,(H2,9,10,11).